The Bertz CT molecular complexity index is 874. The highest BCUT2D eigenvalue weighted by atomic mass is 16.6. The Hall–Kier alpha value is -3.22. The highest BCUT2D eigenvalue weighted by Crippen LogP contribution is 2.25. The lowest BCUT2D eigenvalue weighted by atomic mass is 10.0. The first-order valence-corrected chi connectivity index (χ1v) is 10.5. The molecular weight excluding hydrogens is 396 g/mol. The van der Waals surface area contributed by atoms with Crippen molar-refractivity contribution in [2.45, 2.75) is 19.8 Å². The number of esters is 1. The molecular formula is C24H30N2O5. The van der Waals surface area contributed by atoms with E-state index in [0.29, 0.717) is 18.8 Å². The molecule has 0 saturated carbocycles. The van der Waals surface area contributed by atoms with Gasteiger partial charge in [0.05, 0.1) is 7.11 Å². The highest BCUT2D eigenvalue weighted by molar-refractivity contribution is 5.81. The monoisotopic (exact) mass is 426 g/mol. The maximum Gasteiger partial charge on any atom is 0.344 e. The molecule has 7 heteroatoms. The Labute approximate surface area is 183 Å². The quantitative estimate of drug-likeness (QED) is 0.605. The van der Waals surface area contributed by atoms with Crippen LogP contribution in [0.5, 0.6) is 11.5 Å². The van der Waals surface area contributed by atoms with E-state index in [1.807, 2.05) is 48.5 Å². The lowest BCUT2D eigenvalue weighted by Crippen LogP contribution is -2.50. The molecule has 1 aliphatic rings. The van der Waals surface area contributed by atoms with Crippen LogP contribution in [0, 0.1) is 0 Å². The summed E-state index contributed by atoms with van der Waals surface area (Å²) in [5.74, 6) is 1.02. The zero-order valence-electron chi connectivity index (χ0n) is 18.4. The summed E-state index contributed by atoms with van der Waals surface area (Å²) in [6, 6.07) is 15.5. The van der Waals surface area contributed by atoms with Gasteiger partial charge in [-0.1, -0.05) is 32.0 Å². The standard InChI is InChI=1S/C24H30N2O5/c1-18(2)21-6-4-5-7-22(21)30-17-24(28)31-16-23(27)26-14-12-25(13-15-26)19-8-10-20(29-3)11-9-19/h4-11,18H,12-17H2,1-3H3. The number of methoxy groups -OCH3 is 1. The molecule has 1 aliphatic heterocycles. The van der Waals surface area contributed by atoms with Gasteiger partial charge in [-0.05, 0) is 41.8 Å². The van der Waals surface area contributed by atoms with E-state index in [0.717, 1.165) is 30.1 Å². The molecule has 1 heterocycles. The van der Waals surface area contributed by atoms with E-state index in [9.17, 15) is 9.59 Å². The fourth-order valence-corrected chi connectivity index (χ4v) is 3.51. The molecule has 2 aromatic rings. The van der Waals surface area contributed by atoms with Crippen LogP contribution in [0.15, 0.2) is 48.5 Å². The van der Waals surface area contributed by atoms with E-state index < -0.39 is 5.97 Å². The summed E-state index contributed by atoms with van der Waals surface area (Å²) in [6.45, 7) is 6.25. The van der Waals surface area contributed by atoms with Crippen molar-refractivity contribution in [2.75, 3.05) is 51.4 Å². The van der Waals surface area contributed by atoms with Crippen molar-refractivity contribution in [1.29, 1.82) is 0 Å². The van der Waals surface area contributed by atoms with Gasteiger partial charge in [0.2, 0.25) is 0 Å². The first kappa shape index (κ1) is 22.5. The first-order valence-electron chi connectivity index (χ1n) is 10.5. The number of rotatable bonds is 8. The molecule has 7 nitrogen and oxygen atoms in total. The third-order valence-electron chi connectivity index (χ3n) is 5.31. The summed E-state index contributed by atoms with van der Waals surface area (Å²) < 4.78 is 15.9. The fraction of sp³-hybridized carbons (Fsp3) is 0.417. The van der Waals surface area contributed by atoms with Crippen LogP contribution in [0.3, 0.4) is 0 Å². The van der Waals surface area contributed by atoms with Gasteiger partial charge in [-0.25, -0.2) is 4.79 Å². The number of nitrogens with zero attached hydrogens (tertiary/aromatic N) is 2. The number of amides is 1. The van der Waals surface area contributed by atoms with E-state index in [4.69, 9.17) is 14.2 Å². The number of hydrogen-bond acceptors (Lipinski definition) is 6. The molecule has 1 saturated heterocycles. The van der Waals surface area contributed by atoms with Crippen LogP contribution in [0.1, 0.15) is 25.3 Å². The second kappa shape index (κ2) is 10.7. The van der Waals surface area contributed by atoms with Crippen LogP contribution in [-0.2, 0) is 14.3 Å². The second-order valence-electron chi connectivity index (χ2n) is 7.71. The minimum atomic E-state index is -0.552. The van der Waals surface area contributed by atoms with Gasteiger partial charge in [-0.2, -0.15) is 0 Å². The highest BCUT2D eigenvalue weighted by Gasteiger charge is 2.22. The molecule has 1 fully saturated rings. The van der Waals surface area contributed by atoms with E-state index in [2.05, 4.69) is 18.7 Å². The molecule has 0 N–H and O–H groups in total. The van der Waals surface area contributed by atoms with Gasteiger partial charge in [0.15, 0.2) is 13.2 Å². The van der Waals surface area contributed by atoms with E-state index in [1.165, 1.54) is 0 Å². The summed E-state index contributed by atoms with van der Waals surface area (Å²) in [6.07, 6.45) is 0. The molecule has 0 atom stereocenters. The van der Waals surface area contributed by atoms with Gasteiger partial charge in [0.25, 0.3) is 5.91 Å². The minimum Gasteiger partial charge on any atom is -0.497 e. The largest absolute Gasteiger partial charge is 0.497 e. The number of ether oxygens (including phenoxy) is 3. The summed E-state index contributed by atoms with van der Waals surface area (Å²) in [7, 11) is 1.64. The van der Waals surface area contributed by atoms with Gasteiger partial charge in [0, 0.05) is 31.9 Å². The molecule has 166 valence electrons. The molecule has 3 rings (SSSR count). The van der Waals surface area contributed by atoms with Crippen LogP contribution in [-0.4, -0.2) is 63.3 Å². The average Bonchev–Trinajstić information content (AvgIpc) is 2.81. The average molecular weight is 427 g/mol. The number of para-hydroxylation sites is 1. The van der Waals surface area contributed by atoms with Gasteiger partial charge in [-0.15, -0.1) is 0 Å². The van der Waals surface area contributed by atoms with Crippen LogP contribution in [0.25, 0.3) is 0 Å². The van der Waals surface area contributed by atoms with Gasteiger partial charge in [0.1, 0.15) is 11.5 Å². The Balaban J connectivity index is 1.40. The number of anilines is 1. The predicted octanol–water partition coefficient (Wildman–Crippen LogP) is 3.09. The van der Waals surface area contributed by atoms with Crippen LogP contribution in [0.2, 0.25) is 0 Å². The lowest BCUT2D eigenvalue weighted by Gasteiger charge is -2.36. The van der Waals surface area contributed by atoms with Gasteiger partial charge in [-0.3, -0.25) is 4.79 Å². The van der Waals surface area contributed by atoms with Crippen LogP contribution in [0.4, 0.5) is 5.69 Å². The predicted molar refractivity (Wildman–Crippen MR) is 119 cm³/mol. The molecule has 31 heavy (non-hydrogen) atoms. The Kier molecular flexibility index (Phi) is 7.76. The lowest BCUT2D eigenvalue weighted by molar-refractivity contribution is -0.153. The van der Waals surface area contributed by atoms with Crippen molar-refractivity contribution in [1.82, 2.24) is 4.90 Å². The molecule has 0 bridgehead atoms. The third-order valence-corrected chi connectivity index (χ3v) is 5.31. The maximum absolute atomic E-state index is 12.4. The molecule has 0 radical (unpaired) electrons. The van der Waals surface area contributed by atoms with Gasteiger partial charge < -0.3 is 24.0 Å². The van der Waals surface area contributed by atoms with Crippen molar-refractivity contribution in [3.63, 3.8) is 0 Å². The van der Waals surface area contributed by atoms with Crippen molar-refractivity contribution in [3.05, 3.63) is 54.1 Å². The number of benzene rings is 2. The first-order chi connectivity index (χ1) is 15.0. The molecule has 1 amide bonds. The number of carbonyl (C=O) groups is 2. The summed E-state index contributed by atoms with van der Waals surface area (Å²) in [5.41, 5.74) is 2.12. The fourth-order valence-electron chi connectivity index (χ4n) is 3.51. The number of hydrogen-bond donors (Lipinski definition) is 0. The number of carbonyl (C=O) groups excluding carboxylic acids is 2. The topological polar surface area (TPSA) is 68.3 Å². The Morgan fingerprint density at radius 1 is 0.935 bits per heavy atom. The molecule has 0 aromatic heterocycles. The SMILES string of the molecule is COc1ccc(N2CCN(C(=O)COC(=O)COc3ccccc3C(C)C)CC2)cc1. The Morgan fingerprint density at radius 2 is 1.61 bits per heavy atom. The maximum atomic E-state index is 12.4. The number of piperazine rings is 1. The van der Waals surface area contributed by atoms with Gasteiger partial charge >= 0.3 is 5.97 Å². The molecule has 0 aliphatic carbocycles. The Morgan fingerprint density at radius 3 is 2.26 bits per heavy atom. The van der Waals surface area contributed by atoms with E-state index in [-0.39, 0.29) is 25.0 Å². The molecule has 2 aromatic carbocycles. The van der Waals surface area contributed by atoms with Crippen molar-refractivity contribution >= 4 is 17.6 Å². The zero-order valence-corrected chi connectivity index (χ0v) is 18.4. The molecule has 0 spiro atoms. The van der Waals surface area contributed by atoms with E-state index >= 15 is 0 Å². The second-order valence-corrected chi connectivity index (χ2v) is 7.71. The van der Waals surface area contributed by atoms with Crippen molar-refractivity contribution in [3.8, 4) is 11.5 Å². The minimum absolute atomic E-state index is 0.190. The third kappa shape index (κ3) is 6.13. The van der Waals surface area contributed by atoms with Crippen molar-refractivity contribution < 1.29 is 23.8 Å². The summed E-state index contributed by atoms with van der Waals surface area (Å²) in [5, 5.41) is 0. The van der Waals surface area contributed by atoms with Crippen LogP contribution < -0.4 is 14.4 Å². The van der Waals surface area contributed by atoms with E-state index in [1.54, 1.807) is 12.0 Å². The normalized spacial score (nSPS) is 13.8. The summed E-state index contributed by atoms with van der Waals surface area (Å²) in [4.78, 5) is 28.4. The smallest absolute Gasteiger partial charge is 0.344 e. The zero-order chi connectivity index (χ0) is 22.2. The van der Waals surface area contributed by atoms with Crippen molar-refractivity contribution in [2.24, 2.45) is 0 Å². The summed E-state index contributed by atoms with van der Waals surface area (Å²) >= 11 is 0. The van der Waals surface area contributed by atoms with Crippen LogP contribution >= 0.6 is 0 Å². The molecule has 0 unspecified atom stereocenters.